The van der Waals surface area contributed by atoms with Crippen LogP contribution in [0, 0.1) is 0 Å². The zero-order valence-electron chi connectivity index (χ0n) is 12.3. The molecule has 1 unspecified atom stereocenters. The fourth-order valence-electron chi connectivity index (χ4n) is 1.82. The summed E-state index contributed by atoms with van der Waals surface area (Å²) in [7, 11) is 0. The fraction of sp³-hybridized carbons (Fsp3) is 0.846. The van der Waals surface area contributed by atoms with Gasteiger partial charge in [-0.1, -0.05) is 0 Å². The SMILES string of the molecule is CCOC(=O)C1(C)COCCN1C(=O)OC(C)(C)C. The molecule has 1 saturated heterocycles. The standard InChI is InChI=1S/C13H23NO5/c1-6-18-10(15)13(5)9-17-8-7-14(13)11(16)19-12(2,3)4/h6-9H2,1-5H3. The molecular weight excluding hydrogens is 250 g/mol. The van der Waals surface area contributed by atoms with Crippen molar-refractivity contribution in [2.45, 2.75) is 45.8 Å². The summed E-state index contributed by atoms with van der Waals surface area (Å²) in [4.78, 5) is 25.6. The number of ether oxygens (including phenoxy) is 3. The normalized spacial score (nSPS) is 23.9. The summed E-state index contributed by atoms with van der Waals surface area (Å²) in [5, 5.41) is 0. The second kappa shape index (κ2) is 5.77. The van der Waals surface area contributed by atoms with Gasteiger partial charge in [-0.15, -0.1) is 0 Å². The number of morpholine rings is 1. The van der Waals surface area contributed by atoms with Gasteiger partial charge in [-0.2, -0.15) is 0 Å². The van der Waals surface area contributed by atoms with Gasteiger partial charge in [0.15, 0.2) is 5.54 Å². The van der Waals surface area contributed by atoms with Crippen molar-refractivity contribution < 1.29 is 23.8 Å². The maximum absolute atomic E-state index is 12.2. The number of hydrogen-bond acceptors (Lipinski definition) is 5. The number of carbonyl (C=O) groups is 2. The summed E-state index contributed by atoms with van der Waals surface area (Å²) in [5.41, 5.74) is -1.73. The molecule has 6 nitrogen and oxygen atoms in total. The van der Waals surface area contributed by atoms with Crippen LogP contribution in [0.25, 0.3) is 0 Å². The highest BCUT2D eigenvalue weighted by atomic mass is 16.6. The van der Waals surface area contributed by atoms with Crippen molar-refractivity contribution >= 4 is 12.1 Å². The van der Waals surface area contributed by atoms with Crippen LogP contribution in [-0.4, -0.2) is 54.5 Å². The number of esters is 1. The molecule has 0 spiro atoms. The van der Waals surface area contributed by atoms with Gasteiger partial charge in [0.05, 0.1) is 19.8 Å². The Morgan fingerprint density at radius 1 is 1.37 bits per heavy atom. The van der Waals surface area contributed by atoms with E-state index in [-0.39, 0.29) is 13.2 Å². The lowest BCUT2D eigenvalue weighted by molar-refractivity contribution is -0.166. The van der Waals surface area contributed by atoms with E-state index >= 15 is 0 Å². The van der Waals surface area contributed by atoms with Crippen LogP contribution in [-0.2, 0) is 19.0 Å². The Bertz CT molecular complexity index is 349. The van der Waals surface area contributed by atoms with Gasteiger partial charge in [-0.25, -0.2) is 9.59 Å². The minimum Gasteiger partial charge on any atom is -0.464 e. The van der Waals surface area contributed by atoms with Crippen LogP contribution < -0.4 is 0 Å². The Morgan fingerprint density at radius 3 is 2.53 bits per heavy atom. The first kappa shape index (κ1) is 15.8. The van der Waals surface area contributed by atoms with E-state index in [2.05, 4.69) is 0 Å². The van der Waals surface area contributed by atoms with Crippen LogP contribution in [0.4, 0.5) is 4.79 Å². The smallest absolute Gasteiger partial charge is 0.411 e. The topological polar surface area (TPSA) is 65.1 Å². The van der Waals surface area contributed by atoms with E-state index in [0.717, 1.165) is 0 Å². The predicted octanol–water partition coefficient (Wildman–Crippen LogP) is 1.58. The number of hydrogen-bond donors (Lipinski definition) is 0. The Hall–Kier alpha value is -1.30. The molecule has 0 aliphatic carbocycles. The van der Waals surface area contributed by atoms with Gasteiger partial charge in [0.25, 0.3) is 0 Å². The average Bonchev–Trinajstić information content (AvgIpc) is 2.27. The second-order valence-corrected chi connectivity index (χ2v) is 5.68. The molecule has 1 heterocycles. The Balaban J connectivity index is 2.88. The minimum atomic E-state index is -1.13. The van der Waals surface area contributed by atoms with Crippen molar-refractivity contribution in [1.29, 1.82) is 0 Å². The van der Waals surface area contributed by atoms with Gasteiger partial charge in [0, 0.05) is 6.54 Å². The highest BCUT2D eigenvalue weighted by Gasteiger charge is 2.47. The molecule has 6 heteroatoms. The van der Waals surface area contributed by atoms with Gasteiger partial charge in [-0.3, -0.25) is 4.90 Å². The van der Waals surface area contributed by atoms with E-state index in [9.17, 15) is 9.59 Å². The lowest BCUT2D eigenvalue weighted by atomic mass is 10.0. The molecule has 0 aromatic heterocycles. The molecule has 0 aromatic rings. The van der Waals surface area contributed by atoms with Gasteiger partial charge in [0.1, 0.15) is 5.60 Å². The molecule has 1 fully saturated rings. The minimum absolute atomic E-state index is 0.116. The van der Waals surface area contributed by atoms with E-state index in [4.69, 9.17) is 14.2 Å². The molecule has 0 aromatic carbocycles. The first-order valence-electron chi connectivity index (χ1n) is 6.46. The number of amides is 1. The first-order valence-corrected chi connectivity index (χ1v) is 6.46. The van der Waals surface area contributed by atoms with Crippen molar-refractivity contribution in [2.75, 3.05) is 26.4 Å². The van der Waals surface area contributed by atoms with E-state index < -0.39 is 23.2 Å². The molecule has 1 aliphatic rings. The Morgan fingerprint density at radius 2 is 2.00 bits per heavy atom. The van der Waals surface area contributed by atoms with Crippen LogP contribution in [0.1, 0.15) is 34.6 Å². The van der Waals surface area contributed by atoms with Crippen molar-refractivity contribution in [3.05, 3.63) is 0 Å². The molecule has 19 heavy (non-hydrogen) atoms. The van der Waals surface area contributed by atoms with Gasteiger partial charge in [-0.05, 0) is 34.6 Å². The molecule has 0 radical (unpaired) electrons. The van der Waals surface area contributed by atoms with Gasteiger partial charge < -0.3 is 14.2 Å². The largest absolute Gasteiger partial charge is 0.464 e. The third kappa shape index (κ3) is 3.83. The van der Waals surface area contributed by atoms with Gasteiger partial charge >= 0.3 is 12.1 Å². The number of rotatable bonds is 2. The maximum atomic E-state index is 12.2. The molecular formula is C13H23NO5. The van der Waals surface area contributed by atoms with Crippen molar-refractivity contribution in [1.82, 2.24) is 4.90 Å². The summed E-state index contributed by atoms with van der Waals surface area (Å²) < 4.78 is 15.7. The summed E-state index contributed by atoms with van der Waals surface area (Å²) in [6.45, 7) is 9.78. The Kier molecular flexibility index (Phi) is 4.79. The summed E-state index contributed by atoms with van der Waals surface area (Å²) in [5.74, 6) is -0.472. The van der Waals surface area contributed by atoms with E-state index in [1.54, 1.807) is 34.6 Å². The lowest BCUT2D eigenvalue weighted by Crippen LogP contribution is -2.62. The molecule has 0 saturated carbocycles. The Labute approximate surface area is 114 Å². The fourth-order valence-corrected chi connectivity index (χ4v) is 1.82. The number of nitrogens with zero attached hydrogens (tertiary/aromatic N) is 1. The first-order chi connectivity index (χ1) is 8.70. The zero-order valence-corrected chi connectivity index (χ0v) is 12.3. The molecule has 1 atom stereocenters. The highest BCUT2D eigenvalue weighted by molar-refractivity contribution is 5.86. The predicted molar refractivity (Wildman–Crippen MR) is 68.8 cm³/mol. The summed E-state index contributed by atoms with van der Waals surface area (Å²) >= 11 is 0. The van der Waals surface area contributed by atoms with Crippen LogP contribution in [0.3, 0.4) is 0 Å². The zero-order chi connectivity index (χ0) is 14.7. The molecule has 0 N–H and O–H groups in total. The quantitative estimate of drug-likeness (QED) is 0.715. The lowest BCUT2D eigenvalue weighted by Gasteiger charge is -2.42. The van der Waals surface area contributed by atoms with Crippen LogP contribution in [0.2, 0.25) is 0 Å². The van der Waals surface area contributed by atoms with E-state index in [1.807, 2.05) is 0 Å². The van der Waals surface area contributed by atoms with Crippen LogP contribution in [0.15, 0.2) is 0 Å². The van der Waals surface area contributed by atoms with E-state index in [0.29, 0.717) is 13.2 Å². The average molecular weight is 273 g/mol. The molecule has 0 bridgehead atoms. The molecule has 1 amide bonds. The van der Waals surface area contributed by atoms with Crippen LogP contribution >= 0.6 is 0 Å². The van der Waals surface area contributed by atoms with Gasteiger partial charge in [0.2, 0.25) is 0 Å². The third-order valence-electron chi connectivity index (χ3n) is 2.77. The summed E-state index contributed by atoms with van der Waals surface area (Å²) in [6, 6.07) is 0. The van der Waals surface area contributed by atoms with Crippen LogP contribution in [0.5, 0.6) is 0 Å². The third-order valence-corrected chi connectivity index (χ3v) is 2.77. The van der Waals surface area contributed by atoms with Crippen molar-refractivity contribution in [3.63, 3.8) is 0 Å². The van der Waals surface area contributed by atoms with Crippen molar-refractivity contribution in [2.24, 2.45) is 0 Å². The second-order valence-electron chi connectivity index (χ2n) is 5.68. The molecule has 1 aliphatic heterocycles. The number of carbonyl (C=O) groups excluding carboxylic acids is 2. The summed E-state index contributed by atoms with van der Waals surface area (Å²) in [6.07, 6.45) is -0.522. The molecule has 110 valence electrons. The monoisotopic (exact) mass is 273 g/mol. The van der Waals surface area contributed by atoms with Crippen molar-refractivity contribution in [3.8, 4) is 0 Å². The highest BCUT2D eigenvalue weighted by Crippen LogP contribution is 2.24. The maximum Gasteiger partial charge on any atom is 0.411 e. The van der Waals surface area contributed by atoms with E-state index in [1.165, 1.54) is 4.90 Å². The molecule has 1 rings (SSSR count).